The summed E-state index contributed by atoms with van der Waals surface area (Å²) in [4.78, 5) is 28.0. The fourth-order valence-electron chi connectivity index (χ4n) is 4.78. The van der Waals surface area contributed by atoms with Crippen LogP contribution in [0.2, 0.25) is 5.02 Å². The number of benzene rings is 1. The van der Waals surface area contributed by atoms with E-state index < -0.39 is 0 Å². The predicted octanol–water partition coefficient (Wildman–Crippen LogP) is 3.12. The highest BCUT2D eigenvalue weighted by molar-refractivity contribution is 6.31. The van der Waals surface area contributed by atoms with E-state index >= 15 is 0 Å². The maximum atomic E-state index is 13.6. The first-order chi connectivity index (χ1) is 15.5. The molecule has 162 valence electrons. The Labute approximate surface area is 188 Å². The van der Waals surface area contributed by atoms with Crippen LogP contribution < -0.4 is 4.90 Å². The first-order valence-electron chi connectivity index (χ1n) is 10.5. The van der Waals surface area contributed by atoms with Crippen LogP contribution in [0.1, 0.15) is 22.3 Å². The van der Waals surface area contributed by atoms with Gasteiger partial charge in [0.2, 0.25) is 5.71 Å². The summed E-state index contributed by atoms with van der Waals surface area (Å²) in [6, 6.07) is 8.18. The van der Waals surface area contributed by atoms with Crippen molar-refractivity contribution in [3.8, 4) is 5.69 Å². The average molecular weight is 450 g/mol. The third kappa shape index (κ3) is 3.20. The topological polar surface area (TPSA) is 93.2 Å². The highest BCUT2D eigenvalue weighted by atomic mass is 35.5. The normalized spacial score (nSPS) is 20.3. The SMILES string of the molecule is Cc1ccc(-n2nccn2)c(C(=O)N2CC3CC(C2)N(c2nc4cc(Cl)cnc4o2)C3)c1. The molecule has 32 heavy (non-hydrogen) atoms. The molecule has 0 radical (unpaired) electrons. The maximum absolute atomic E-state index is 13.6. The monoisotopic (exact) mass is 449 g/mol. The number of hydrogen-bond acceptors (Lipinski definition) is 7. The van der Waals surface area contributed by atoms with Crippen LogP contribution in [0.25, 0.3) is 16.9 Å². The van der Waals surface area contributed by atoms with Gasteiger partial charge in [0.05, 0.1) is 34.7 Å². The Morgan fingerprint density at radius 3 is 2.84 bits per heavy atom. The molecular weight excluding hydrogens is 430 g/mol. The van der Waals surface area contributed by atoms with Crippen LogP contribution in [0.5, 0.6) is 0 Å². The third-order valence-electron chi connectivity index (χ3n) is 6.16. The molecule has 1 amide bonds. The van der Waals surface area contributed by atoms with Crippen LogP contribution in [0.3, 0.4) is 0 Å². The van der Waals surface area contributed by atoms with Crippen LogP contribution >= 0.6 is 11.6 Å². The Hall–Kier alpha value is -3.46. The lowest BCUT2D eigenvalue weighted by Crippen LogP contribution is -2.45. The van der Waals surface area contributed by atoms with E-state index in [4.69, 9.17) is 16.0 Å². The van der Waals surface area contributed by atoms with Gasteiger partial charge in [0.15, 0.2) is 0 Å². The van der Waals surface area contributed by atoms with Gasteiger partial charge in [-0.05, 0) is 37.5 Å². The molecule has 6 rings (SSSR count). The van der Waals surface area contributed by atoms with Crippen LogP contribution in [-0.2, 0) is 0 Å². The van der Waals surface area contributed by atoms with Gasteiger partial charge in [-0.25, -0.2) is 4.98 Å². The van der Waals surface area contributed by atoms with E-state index in [1.165, 1.54) is 4.80 Å². The second-order valence-corrected chi connectivity index (χ2v) is 8.87. The van der Waals surface area contributed by atoms with Crippen molar-refractivity contribution in [3.05, 3.63) is 59.0 Å². The minimum atomic E-state index is -0.0106. The van der Waals surface area contributed by atoms with Crippen LogP contribution in [0.15, 0.2) is 47.3 Å². The van der Waals surface area contributed by atoms with E-state index in [2.05, 4.69) is 25.1 Å². The van der Waals surface area contributed by atoms with Crippen molar-refractivity contribution < 1.29 is 9.21 Å². The number of rotatable bonds is 3. The van der Waals surface area contributed by atoms with E-state index in [0.29, 0.717) is 52.5 Å². The Morgan fingerprint density at radius 2 is 2.00 bits per heavy atom. The first kappa shape index (κ1) is 19.2. The number of halogens is 1. The molecule has 5 heterocycles. The molecule has 2 aliphatic rings. The Kier molecular flexibility index (Phi) is 4.39. The van der Waals surface area contributed by atoms with Gasteiger partial charge in [0, 0.05) is 25.8 Å². The summed E-state index contributed by atoms with van der Waals surface area (Å²) in [5.41, 5.74) is 3.41. The second kappa shape index (κ2) is 7.30. The number of carbonyl (C=O) groups excluding carboxylic acids is 1. The minimum absolute atomic E-state index is 0.0106. The lowest BCUT2D eigenvalue weighted by molar-refractivity contribution is 0.0693. The standard InChI is InChI=1S/C22H20ClN7O2/c1-13-2-3-19(30-25-4-5-26-30)17(6-13)21(31)28-10-14-7-16(12-28)29(11-14)22-27-18-8-15(23)9-24-20(18)32-22/h2-6,8-9,14,16H,7,10-12H2,1H3. The van der Waals surface area contributed by atoms with Gasteiger partial charge in [-0.15, -0.1) is 0 Å². The lowest BCUT2D eigenvalue weighted by Gasteiger charge is -2.32. The number of pyridine rings is 1. The Bertz CT molecular complexity index is 1320. The summed E-state index contributed by atoms with van der Waals surface area (Å²) >= 11 is 6.04. The number of amides is 1. The lowest BCUT2D eigenvalue weighted by atomic mass is 9.98. The van der Waals surface area contributed by atoms with E-state index in [1.54, 1.807) is 24.7 Å². The van der Waals surface area contributed by atoms with Crippen LogP contribution in [0, 0.1) is 12.8 Å². The number of oxazole rings is 1. The van der Waals surface area contributed by atoms with Gasteiger partial charge >= 0.3 is 0 Å². The molecule has 2 aliphatic heterocycles. The number of carbonyl (C=O) groups is 1. The number of anilines is 1. The number of aromatic nitrogens is 5. The zero-order valence-corrected chi connectivity index (χ0v) is 18.1. The molecule has 0 spiro atoms. The largest absolute Gasteiger partial charge is 0.404 e. The van der Waals surface area contributed by atoms with Crippen molar-refractivity contribution in [1.29, 1.82) is 0 Å². The summed E-state index contributed by atoms with van der Waals surface area (Å²) in [5, 5.41) is 8.95. The predicted molar refractivity (Wildman–Crippen MR) is 118 cm³/mol. The number of aryl methyl sites for hydroxylation is 1. The summed E-state index contributed by atoms with van der Waals surface area (Å²) in [5.74, 6) is 0.337. The molecule has 2 bridgehead atoms. The fraction of sp³-hybridized carbons (Fsp3) is 0.318. The van der Waals surface area contributed by atoms with E-state index in [0.717, 1.165) is 18.5 Å². The van der Waals surface area contributed by atoms with Crippen molar-refractivity contribution >= 4 is 34.8 Å². The number of hydrogen-bond donors (Lipinski definition) is 0. The van der Waals surface area contributed by atoms with Gasteiger partial charge in [0.25, 0.3) is 11.9 Å². The molecule has 4 aromatic rings. The smallest absolute Gasteiger partial charge is 0.300 e. The van der Waals surface area contributed by atoms with Gasteiger partial charge in [0.1, 0.15) is 5.52 Å². The molecule has 0 aliphatic carbocycles. The third-order valence-corrected chi connectivity index (χ3v) is 6.37. The van der Waals surface area contributed by atoms with Crippen molar-refractivity contribution in [3.63, 3.8) is 0 Å². The van der Waals surface area contributed by atoms with Crippen LogP contribution in [0.4, 0.5) is 6.01 Å². The number of nitrogens with zero attached hydrogens (tertiary/aromatic N) is 7. The minimum Gasteiger partial charge on any atom is -0.404 e. The molecule has 0 N–H and O–H groups in total. The van der Waals surface area contributed by atoms with E-state index in [9.17, 15) is 4.79 Å². The Balaban J connectivity index is 1.28. The summed E-state index contributed by atoms with van der Waals surface area (Å²) in [7, 11) is 0. The second-order valence-electron chi connectivity index (χ2n) is 8.43. The van der Waals surface area contributed by atoms with E-state index in [1.807, 2.05) is 30.0 Å². The highest BCUT2D eigenvalue weighted by Crippen LogP contribution is 2.35. The summed E-state index contributed by atoms with van der Waals surface area (Å²) in [6.07, 6.45) is 5.76. The van der Waals surface area contributed by atoms with Gasteiger partial charge in [-0.1, -0.05) is 23.2 Å². The molecule has 2 atom stereocenters. The highest BCUT2D eigenvalue weighted by Gasteiger charge is 2.42. The molecule has 0 saturated carbocycles. The quantitative estimate of drug-likeness (QED) is 0.474. The maximum Gasteiger partial charge on any atom is 0.300 e. The van der Waals surface area contributed by atoms with Gasteiger partial charge in [-0.2, -0.15) is 20.0 Å². The fourth-order valence-corrected chi connectivity index (χ4v) is 4.93. The van der Waals surface area contributed by atoms with Gasteiger partial charge < -0.3 is 14.2 Å². The molecular formula is C22H20ClN7O2. The van der Waals surface area contributed by atoms with Crippen molar-refractivity contribution in [2.24, 2.45) is 5.92 Å². The zero-order valence-electron chi connectivity index (χ0n) is 17.3. The van der Waals surface area contributed by atoms with Crippen LogP contribution in [-0.4, -0.2) is 61.4 Å². The molecule has 1 aromatic carbocycles. The van der Waals surface area contributed by atoms with Gasteiger partial charge in [-0.3, -0.25) is 4.79 Å². The number of fused-ring (bicyclic) bond motifs is 3. The Morgan fingerprint density at radius 1 is 1.16 bits per heavy atom. The molecule has 2 unspecified atom stereocenters. The van der Waals surface area contributed by atoms with E-state index in [-0.39, 0.29) is 11.9 Å². The number of piperidine rings is 1. The molecule has 3 aromatic heterocycles. The zero-order chi connectivity index (χ0) is 21.8. The van der Waals surface area contributed by atoms with Crippen molar-refractivity contribution in [2.75, 3.05) is 24.5 Å². The average Bonchev–Trinajstić information content (AvgIpc) is 3.51. The molecule has 9 nitrogen and oxygen atoms in total. The molecule has 2 saturated heterocycles. The molecule has 2 fully saturated rings. The number of likely N-dealkylation sites (tertiary alicyclic amines) is 1. The van der Waals surface area contributed by atoms with Crippen molar-refractivity contribution in [2.45, 2.75) is 19.4 Å². The first-order valence-corrected chi connectivity index (χ1v) is 10.9. The van der Waals surface area contributed by atoms with Crippen molar-refractivity contribution in [1.82, 2.24) is 29.9 Å². The molecule has 10 heteroatoms. The summed E-state index contributed by atoms with van der Waals surface area (Å²) in [6.45, 7) is 4.06. The summed E-state index contributed by atoms with van der Waals surface area (Å²) < 4.78 is 5.90.